The quantitative estimate of drug-likeness (QED) is 0.558. The molecule has 0 spiro atoms. The van der Waals surface area contributed by atoms with Crippen LogP contribution in [0.1, 0.15) is 11.1 Å². The third-order valence-electron chi connectivity index (χ3n) is 4.71. The van der Waals surface area contributed by atoms with E-state index in [1.54, 1.807) is 42.5 Å². The number of nitrogens with one attached hydrogen (secondary N) is 1. The third-order valence-corrected chi connectivity index (χ3v) is 6.57. The first-order chi connectivity index (χ1) is 15.0. The maximum Gasteiger partial charge on any atom is 0.243 e. The normalized spacial score (nSPS) is 11.1. The molecule has 0 aromatic heterocycles. The topological polar surface area (TPSA) is 90.3 Å². The molecule has 0 atom stereocenters. The summed E-state index contributed by atoms with van der Waals surface area (Å²) >= 11 is 0. The Bertz CT molecular complexity index is 1140. The lowest BCUT2D eigenvalue weighted by atomic mass is 10.1. The molecular weight excluding hydrogens is 410 g/mol. The highest BCUT2D eigenvalue weighted by molar-refractivity contribution is 7.89. The maximum absolute atomic E-state index is 13.2. The van der Waals surface area contributed by atoms with Crippen LogP contribution in [0, 0.1) is 11.3 Å². The molecular formula is C24H23N3O3S. The van der Waals surface area contributed by atoms with Gasteiger partial charge in [-0.3, -0.25) is 4.79 Å². The van der Waals surface area contributed by atoms with Crippen molar-refractivity contribution in [3.8, 4) is 6.07 Å². The molecule has 31 heavy (non-hydrogen) atoms. The minimum atomic E-state index is -3.84. The summed E-state index contributed by atoms with van der Waals surface area (Å²) in [7, 11) is -3.84. The molecule has 7 heteroatoms. The van der Waals surface area contributed by atoms with Crippen LogP contribution in [0.2, 0.25) is 0 Å². The number of anilines is 1. The summed E-state index contributed by atoms with van der Waals surface area (Å²) in [6, 6.07) is 26.6. The first kappa shape index (κ1) is 22.2. The summed E-state index contributed by atoms with van der Waals surface area (Å²) in [5.41, 5.74) is 2.38. The van der Waals surface area contributed by atoms with Gasteiger partial charge in [-0.1, -0.05) is 60.7 Å². The van der Waals surface area contributed by atoms with Crippen molar-refractivity contribution in [2.24, 2.45) is 0 Å². The predicted octanol–water partition coefficient (Wildman–Crippen LogP) is 3.62. The first-order valence-corrected chi connectivity index (χ1v) is 11.3. The highest BCUT2D eigenvalue weighted by atomic mass is 32.2. The van der Waals surface area contributed by atoms with Crippen LogP contribution in [0.3, 0.4) is 0 Å². The van der Waals surface area contributed by atoms with E-state index in [1.165, 1.54) is 16.4 Å². The summed E-state index contributed by atoms with van der Waals surface area (Å²) in [5, 5.41) is 11.5. The van der Waals surface area contributed by atoms with Crippen LogP contribution in [0.4, 0.5) is 5.69 Å². The Hall–Kier alpha value is -3.47. The molecule has 0 saturated heterocycles. The lowest BCUT2D eigenvalue weighted by Gasteiger charge is -2.22. The Morgan fingerprint density at radius 2 is 1.48 bits per heavy atom. The number of sulfonamides is 1. The number of nitriles is 1. The second-order valence-corrected chi connectivity index (χ2v) is 8.91. The highest BCUT2D eigenvalue weighted by Crippen LogP contribution is 2.17. The minimum Gasteiger partial charge on any atom is -0.325 e. The summed E-state index contributed by atoms with van der Waals surface area (Å²) in [4.78, 5) is 12.8. The number of hydrogen-bond donors (Lipinski definition) is 1. The molecule has 1 amide bonds. The van der Waals surface area contributed by atoms with Crippen molar-refractivity contribution in [3.05, 3.63) is 96.1 Å². The third kappa shape index (κ3) is 6.25. The Kier molecular flexibility index (Phi) is 7.55. The van der Waals surface area contributed by atoms with Gasteiger partial charge in [0.1, 0.15) is 0 Å². The van der Waals surface area contributed by atoms with Crippen LogP contribution in [-0.4, -0.2) is 31.7 Å². The van der Waals surface area contributed by atoms with Gasteiger partial charge < -0.3 is 5.32 Å². The van der Waals surface area contributed by atoms with E-state index in [0.717, 1.165) is 11.1 Å². The van der Waals surface area contributed by atoms with Gasteiger partial charge in [-0.25, -0.2) is 8.42 Å². The zero-order valence-electron chi connectivity index (χ0n) is 16.9. The summed E-state index contributed by atoms with van der Waals surface area (Å²) in [6.45, 7) is -0.125. The van der Waals surface area contributed by atoms with Gasteiger partial charge in [0, 0.05) is 12.2 Å². The van der Waals surface area contributed by atoms with Crippen molar-refractivity contribution in [3.63, 3.8) is 0 Å². The minimum absolute atomic E-state index is 0.150. The fraction of sp³-hybridized carbons (Fsp3) is 0.167. The summed E-state index contributed by atoms with van der Waals surface area (Å²) in [6.07, 6.45) is 0.778. The highest BCUT2D eigenvalue weighted by Gasteiger charge is 2.26. The molecule has 0 saturated carbocycles. The molecule has 0 radical (unpaired) electrons. The number of hydrogen-bond acceptors (Lipinski definition) is 4. The molecule has 1 N–H and O–H groups in total. The number of rotatable bonds is 9. The Labute approximate surface area is 182 Å². The molecule has 0 heterocycles. The largest absolute Gasteiger partial charge is 0.325 e. The number of amides is 1. The Morgan fingerprint density at radius 1 is 0.871 bits per heavy atom. The van der Waals surface area contributed by atoms with Crippen molar-refractivity contribution in [2.45, 2.75) is 17.7 Å². The number of benzene rings is 3. The molecule has 3 aromatic carbocycles. The van der Waals surface area contributed by atoms with Crippen LogP contribution in [0.5, 0.6) is 0 Å². The van der Waals surface area contributed by atoms with Crippen molar-refractivity contribution < 1.29 is 13.2 Å². The number of carbonyl (C=O) groups is 1. The van der Waals surface area contributed by atoms with Gasteiger partial charge in [-0.15, -0.1) is 0 Å². The van der Waals surface area contributed by atoms with E-state index < -0.39 is 15.9 Å². The Morgan fingerprint density at radius 3 is 2.10 bits per heavy atom. The molecule has 3 rings (SSSR count). The van der Waals surface area contributed by atoms with E-state index in [2.05, 4.69) is 11.4 Å². The second-order valence-electron chi connectivity index (χ2n) is 6.97. The van der Waals surface area contributed by atoms with Gasteiger partial charge in [-0.05, 0) is 41.8 Å². The van der Waals surface area contributed by atoms with Gasteiger partial charge >= 0.3 is 0 Å². The van der Waals surface area contributed by atoms with E-state index in [9.17, 15) is 13.2 Å². The lowest BCUT2D eigenvalue weighted by Crippen LogP contribution is -2.39. The lowest BCUT2D eigenvalue weighted by molar-refractivity contribution is -0.116. The zero-order valence-corrected chi connectivity index (χ0v) is 17.8. The molecule has 0 aliphatic heterocycles. The molecule has 0 unspecified atom stereocenters. The molecule has 3 aromatic rings. The van der Waals surface area contributed by atoms with E-state index in [0.29, 0.717) is 12.1 Å². The van der Waals surface area contributed by atoms with E-state index >= 15 is 0 Å². The Balaban J connectivity index is 1.75. The SMILES string of the molecule is N#CCc1ccc(NC(=O)CN(CCc2ccccc2)S(=O)(=O)c2ccccc2)cc1. The molecule has 0 fully saturated rings. The van der Waals surface area contributed by atoms with Gasteiger partial charge in [0.2, 0.25) is 15.9 Å². The van der Waals surface area contributed by atoms with Gasteiger partial charge in [0.25, 0.3) is 0 Å². The van der Waals surface area contributed by atoms with Crippen LogP contribution in [-0.2, 0) is 27.7 Å². The number of carbonyl (C=O) groups excluding carboxylic acids is 1. The summed E-state index contributed by atoms with van der Waals surface area (Å²) < 4.78 is 27.5. The fourth-order valence-electron chi connectivity index (χ4n) is 3.08. The van der Waals surface area contributed by atoms with E-state index in [4.69, 9.17) is 5.26 Å². The van der Waals surface area contributed by atoms with Gasteiger partial charge in [0.05, 0.1) is 23.9 Å². The average molecular weight is 434 g/mol. The van der Waals surface area contributed by atoms with Crippen molar-refractivity contribution >= 4 is 21.6 Å². The predicted molar refractivity (Wildman–Crippen MR) is 120 cm³/mol. The molecule has 0 bridgehead atoms. The van der Waals surface area contributed by atoms with Crippen LogP contribution >= 0.6 is 0 Å². The average Bonchev–Trinajstić information content (AvgIpc) is 2.79. The zero-order chi connectivity index (χ0) is 22.1. The number of nitrogens with zero attached hydrogens (tertiary/aromatic N) is 2. The van der Waals surface area contributed by atoms with Crippen LogP contribution in [0.15, 0.2) is 89.8 Å². The standard InChI is InChI=1S/C24H23N3O3S/c25-17-15-21-11-13-22(14-12-21)26-24(28)19-27(18-16-20-7-3-1-4-8-20)31(29,30)23-9-5-2-6-10-23/h1-14H,15-16,18-19H2,(H,26,28). The van der Waals surface area contributed by atoms with E-state index in [1.807, 2.05) is 30.3 Å². The van der Waals surface area contributed by atoms with Crippen molar-refractivity contribution in [1.82, 2.24) is 4.31 Å². The molecule has 0 aliphatic rings. The van der Waals surface area contributed by atoms with Crippen molar-refractivity contribution in [1.29, 1.82) is 5.26 Å². The summed E-state index contributed by atoms with van der Waals surface area (Å²) in [5.74, 6) is -0.430. The van der Waals surface area contributed by atoms with Crippen LogP contribution in [0.25, 0.3) is 0 Å². The van der Waals surface area contributed by atoms with Gasteiger partial charge in [-0.2, -0.15) is 9.57 Å². The molecule has 6 nitrogen and oxygen atoms in total. The smallest absolute Gasteiger partial charge is 0.243 e. The van der Waals surface area contributed by atoms with Gasteiger partial charge in [0.15, 0.2) is 0 Å². The molecule has 0 aliphatic carbocycles. The fourth-order valence-corrected chi connectivity index (χ4v) is 4.50. The van der Waals surface area contributed by atoms with Crippen molar-refractivity contribution in [2.75, 3.05) is 18.4 Å². The van der Waals surface area contributed by atoms with E-state index in [-0.39, 0.29) is 24.4 Å². The monoisotopic (exact) mass is 433 g/mol. The maximum atomic E-state index is 13.2. The second kappa shape index (κ2) is 10.5. The molecule has 158 valence electrons. The van der Waals surface area contributed by atoms with Crippen LogP contribution < -0.4 is 5.32 Å². The first-order valence-electron chi connectivity index (χ1n) is 9.84.